The van der Waals surface area contributed by atoms with E-state index in [0.29, 0.717) is 15.2 Å². The van der Waals surface area contributed by atoms with E-state index < -0.39 is 0 Å². The number of amides is 2. The molecule has 0 aliphatic carbocycles. The predicted molar refractivity (Wildman–Crippen MR) is 101 cm³/mol. The largest absolute Gasteiger partial charge is 0.311 e. The van der Waals surface area contributed by atoms with Crippen LogP contribution in [0.25, 0.3) is 0 Å². The van der Waals surface area contributed by atoms with Gasteiger partial charge in [0.1, 0.15) is 0 Å². The molecule has 2 heterocycles. The van der Waals surface area contributed by atoms with Gasteiger partial charge in [-0.25, -0.2) is 0 Å². The summed E-state index contributed by atoms with van der Waals surface area (Å²) in [4.78, 5) is 26.2. The monoisotopic (exact) mass is 376 g/mol. The molecule has 0 spiro atoms. The zero-order chi connectivity index (χ0) is 17.8. The fourth-order valence-corrected chi connectivity index (χ4v) is 4.16. The fourth-order valence-electron chi connectivity index (χ4n) is 2.53. The molecule has 0 radical (unpaired) electrons. The van der Waals surface area contributed by atoms with E-state index in [1.165, 1.54) is 28.7 Å². The normalized spacial score (nSPS) is 14.2. The van der Waals surface area contributed by atoms with Gasteiger partial charge in [-0.15, -0.1) is 10.2 Å². The molecule has 25 heavy (non-hydrogen) atoms. The van der Waals surface area contributed by atoms with Crippen LogP contribution in [0.4, 0.5) is 10.8 Å². The van der Waals surface area contributed by atoms with Gasteiger partial charge in [0.25, 0.3) is 0 Å². The van der Waals surface area contributed by atoms with Crippen molar-refractivity contribution >= 4 is 45.7 Å². The van der Waals surface area contributed by atoms with Crippen LogP contribution in [0.15, 0.2) is 28.6 Å². The summed E-state index contributed by atoms with van der Waals surface area (Å²) >= 11 is 2.65. The third-order valence-electron chi connectivity index (χ3n) is 4.20. The average molecular weight is 377 g/mol. The summed E-state index contributed by atoms with van der Waals surface area (Å²) < 4.78 is 0.681. The van der Waals surface area contributed by atoms with Crippen LogP contribution in [-0.4, -0.2) is 34.3 Å². The second-order valence-electron chi connectivity index (χ2n) is 5.88. The van der Waals surface area contributed by atoms with Crippen LogP contribution in [-0.2, 0) is 16.0 Å². The number of rotatable bonds is 6. The summed E-state index contributed by atoms with van der Waals surface area (Å²) in [5, 5.41) is 11.3. The van der Waals surface area contributed by atoms with Gasteiger partial charge >= 0.3 is 0 Å². The Morgan fingerprint density at radius 3 is 2.96 bits per heavy atom. The van der Waals surface area contributed by atoms with Crippen LogP contribution in [0.3, 0.4) is 0 Å². The van der Waals surface area contributed by atoms with Crippen LogP contribution in [0.5, 0.6) is 0 Å². The second kappa shape index (κ2) is 7.97. The van der Waals surface area contributed by atoms with Gasteiger partial charge in [0.05, 0.1) is 5.75 Å². The molecule has 0 saturated heterocycles. The minimum absolute atomic E-state index is 0.0556. The number of nitrogens with one attached hydrogen (secondary N) is 1. The van der Waals surface area contributed by atoms with Gasteiger partial charge in [-0.3, -0.25) is 9.59 Å². The zero-order valence-corrected chi connectivity index (χ0v) is 15.8. The molecule has 2 aromatic rings. The Labute approximate surface area is 155 Å². The lowest BCUT2D eigenvalue weighted by Gasteiger charge is -2.16. The van der Waals surface area contributed by atoms with Crippen molar-refractivity contribution in [1.82, 2.24) is 10.2 Å². The lowest BCUT2D eigenvalue weighted by Crippen LogP contribution is -2.30. The molecule has 0 saturated carbocycles. The van der Waals surface area contributed by atoms with Crippen LogP contribution in [0.2, 0.25) is 0 Å². The van der Waals surface area contributed by atoms with Gasteiger partial charge in [0, 0.05) is 18.2 Å². The Bertz CT molecular complexity index is 778. The maximum absolute atomic E-state index is 12.5. The van der Waals surface area contributed by atoms with Gasteiger partial charge < -0.3 is 10.2 Å². The fraction of sp³-hybridized carbons (Fsp3) is 0.412. The highest BCUT2D eigenvalue weighted by Gasteiger charge is 2.24. The zero-order valence-electron chi connectivity index (χ0n) is 14.2. The summed E-state index contributed by atoms with van der Waals surface area (Å²) in [7, 11) is 0. The van der Waals surface area contributed by atoms with Gasteiger partial charge in [-0.2, -0.15) is 0 Å². The van der Waals surface area contributed by atoms with Crippen LogP contribution < -0.4 is 10.2 Å². The molecule has 2 amide bonds. The highest BCUT2D eigenvalue weighted by molar-refractivity contribution is 8.01. The Morgan fingerprint density at radius 2 is 2.16 bits per heavy atom. The maximum Gasteiger partial charge on any atom is 0.237 e. The summed E-state index contributed by atoms with van der Waals surface area (Å²) in [6, 6.07) is 8.00. The van der Waals surface area contributed by atoms with Crippen LogP contribution in [0.1, 0.15) is 25.8 Å². The van der Waals surface area contributed by atoms with E-state index in [1.807, 2.05) is 36.9 Å². The molecule has 6 nitrogen and oxygen atoms in total. The molecule has 1 N–H and O–H groups in total. The van der Waals surface area contributed by atoms with Crippen molar-refractivity contribution in [2.75, 3.05) is 22.5 Å². The van der Waals surface area contributed by atoms with Crippen molar-refractivity contribution in [3.8, 4) is 0 Å². The summed E-state index contributed by atoms with van der Waals surface area (Å²) in [5.74, 6) is 0.259. The SMILES string of the molecule is CC[C@H](C)C(=O)Nc1nnc(SCC(=O)N2CCc3ccccc32)s1. The number of benzene rings is 1. The standard InChI is InChI=1S/C17H20N4O2S2/c1-3-11(2)15(23)18-16-19-20-17(25-16)24-10-14(22)21-9-8-12-6-4-5-7-13(12)21/h4-7,11H,3,8-10H2,1-2H3,(H,18,19,23)/t11-/m0/s1. The maximum atomic E-state index is 12.5. The molecule has 1 aromatic carbocycles. The number of nitrogens with zero attached hydrogens (tertiary/aromatic N) is 3. The number of thioether (sulfide) groups is 1. The molecule has 0 unspecified atom stereocenters. The Morgan fingerprint density at radius 1 is 1.36 bits per heavy atom. The first-order valence-electron chi connectivity index (χ1n) is 8.24. The molecular weight excluding hydrogens is 356 g/mol. The van der Waals surface area contributed by atoms with E-state index in [4.69, 9.17) is 0 Å². The van der Waals surface area contributed by atoms with Crippen molar-refractivity contribution in [1.29, 1.82) is 0 Å². The first-order chi connectivity index (χ1) is 12.1. The predicted octanol–water partition coefficient (Wildman–Crippen LogP) is 3.20. The minimum Gasteiger partial charge on any atom is -0.311 e. The molecule has 0 bridgehead atoms. The van der Waals surface area contributed by atoms with Crippen molar-refractivity contribution in [2.24, 2.45) is 5.92 Å². The van der Waals surface area contributed by atoms with E-state index in [1.54, 1.807) is 0 Å². The molecule has 1 aliphatic rings. The molecule has 1 aromatic heterocycles. The Kier molecular flexibility index (Phi) is 5.70. The number of hydrogen-bond acceptors (Lipinski definition) is 6. The summed E-state index contributed by atoms with van der Waals surface area (Å²) in [5.41, 5.74) is 2.22. The second-order valence-corrected chi connectivity index (χ2v) is 8.08. The summed E-state index contributed by atoms with van der Waals surface area (Å²) in [6.45, 7) is 4.57. The number of aromatic nitrogens is 2. The van der Waals surface area contributed by atoms with Crippen molar-refractivity contribution < 1.29 is 9.59 Å². The van der Waals surface area contributed by atoms with Crippen LogP contribution in [0, 0.1) is 5.92 Å². The van der Waals surface area contributed by atoms with E-state index in [0.717, 1.165) is 25.1 Å². The first kappa shape index (κ1) is 17.9. The van der Waals surface area contributed by atoms with Gasteiger partial charge in [0.2, 0.25) is 16.9 Å². The smallest absolute Gasteiger partial charge is 0.237 e. The van der Waals surface area contributed by atoms with E-state index in [9.17, 15) is 9.59 Å². The Hall–Kier alpha value is -1.93. The summed E-state index contributed by atoms with van der Waals surface area (Å²) in [6.07, 6.45) is 1.68. The molecule has 1 aliphatic heterocycles. The van der Waals surface area contributed by atoms with Crippen molar-refractivity contribution in [3.05, 3.63) is 29.8 Å². The lowest BCUT2D eigenvalue weighted by molar-refractivity contribution is -0.119. The number of hydrogen-bond donors (Lipinski definition) is 1. The molecule has 8 heteroatoms. The van der Waals surface area contributed by atoms with Crippen LogP contribution >= 0.6 is 23.1 Å². The highest BCUT2D eigenvalue weighted by Crippen LogP contribution is 2.30. The quantitative estimate of drug-likeness (QED) is 0.619. The topological polar surface area (TPSA) is 75.2 Å². The molecular formula is C17H20N4O2S2. The van der Waals surface area contributed by atoms with E-state index in [-0.39, 0.29) is 17.7 Å². The lowest BCUT2D eigenvalue weighted by atomic mass is 10.1. The van der Waals surface area contributed by atoms with Crippen molar-refractivity contribution in [3.63, 3.8) is 0 Å². The number of carbonyl (C=O) groups excluding carboxylic acids is 2. The third kappa shape index (κ3) is 4.19. The van der Waals surface area contributed by atoms with E-state index >= 15 is 0 Å². The first-order valence-corrected chi connectivity index (χ1v) is 10.0. The number of fused-ring (bicyclic) bond motifs is 1. The minimum atomic E-state index is -0.0585. The van der Waals surface area contributed by atoms with Gasteiger partial charge in [0.15, 0.2) is 4.34 Å². The molecule has 3 rings (SSSR count). The van der Waals surface area contributed by atoms with Gasteiger partial charge in [-0.1, -0.05) is 55.1 Å². The molecule has 0 fully saturated rings. The Balaban J connectivity index is 1.54. The molecule has 132 valence electrons. The average Bonchev–Trinajstić information content (AvgIpc) is 3.25. The molecule has 1 atom stereocenters. The van der Waals surface area contributed by atoms with E-state index in [2.05, 4.69) is 21.6 Å². The number of para-hydroxylation sites is 1. The van der Waals surface area contributed by atoms with Gasteiger partial charge in [-0.05, 0) is 24.5 Å². The third-order valence-corrected chi connectivity index (χ3v) is 6.16. The van der Waals surface area contributed by atoms with Crippen molar-refractivity contribution in [2.45, 2.75) is 31.0 Å². The highest BCUT2D eigenvalue weighted by atomic mass is 32.2. The number of carbonyl (C=O) groups is 2. The number of anilines is 2.